The number of anilines is 5. The third kappa shape index (κ3) is 9.68. The fourth-order valence-corrected chi connectivity index (χ4v) is 10.3. The van der Waals surface area contributed by atoms with Gasteiger partial charge in [0.05, 0.1) is 34.6 Å². The molecule has 0 radical (unpaired) electrons. The molecule has 0 aliphatic carbocycles. The molecule has 4 fully saturated rings. The molecule has 0 bridgehead atoms. The van der Waals surface area contributed by atoms with Gasteiger partial charge in [0.15, 0.2) is 5.13 Å². The van der Waals surface area contributed by atoms with Crippen LogP contribution in [0.15, 0.2) is 48.7 Å². The summed E-state index contributed by atoms with van der Waals surface area (Å²) in [4.78, 5) is 103. The number of piperazine rings is 2. The molecule has 0 spiro atoms. The highest BCUT2D eigenvalue weighted by Gasteiger charge is 2.45. The molecule has 18 nitrogen and oxygen atoms in total. The number of hydrogen-bond acceptors (Lipinski definition) is 15. The van der Waals surface area contributed by atoms with E-state index in [1.165, 1.54) is 17.5 Å². The summed E-state index contributed by atoms with van der Waals surface area (Å²) in [6.07, 6.45) is 3.67. The molecule has 1 atom stereocenters. The molecule has 1 unspecified atom stereocenters. The number of amides is 6. The maximum atomic E-state index is 13.4. The lowest BCUT2D eigenvalue weighted by Crippen LogP contribution is -2.54. The molecule has 2 aromatic heterocycles. The zero-order valence-corrected chi connectivity index (χ0v) is 37.9. The molecule has 4 saturated heterocycles. The second kappa shape index (κ2) is 18.8. The van der Waals surface area contributed by atoms with Crippen LogP contribution < -0.4 is 25.8 Å². The lowest BCUT2D eigenvalue weighted by Gasteiger charge is -2.40. The average molecular weight is 924 g/mol. The summed E-state index contributed by atoms with van der Waals surface area (Å²) in [6, 6.07) is 11.6. The number of hydrogen-bond donors (Lipinski definition) is 3. The Hall–Kier alpha value is -6.02. The summed E-state index contributed by atoms with van der Waals surface area (Å²) < 4.78 is 0. The molecule has 9 rings (SSSR count). The van der Waals surface area contributed by atoms with Gasteiger partial charge in [0.1, 0.15) is 28.4 Å². The van der Waals surface area contributed by atoms with E-state index in [9.17, 15) is 28.8 Å². The number of para-hydroxylation sites is 1. The lowest BCUT2D eigenvalue weighted by molar-refractivity contribution is -0.136. The van der Waals surface area contributed by atoms with Gasteiger partial charge < -0.3 is 25.3 Å². The zero-order chi connectivity index (χ0) is 45.4. The van der Waals surface area contributed by atoms with E-state index in [1.54, 1.807) is 18.2 Å². The first kappa shape index (κ1) is 44.2. The maximum absolute atomic E-state index is 13.4. The zero-order valence-electron chi connectivity index (χ0n) is 36.3. The molecule has 0 saturated carbocycles. The number of halogens is 1. The van der Waals surface area contributed by atoms with Crippen LogP contribution in [0.1, 0.15) is 67.5 Å². The molecule has 4 aromatic rings. The standard InChI is InChI=1S/C45H51ClN12O6S/c1-27-4-3-5-33(46)40(27)52-42(62)35-24-47-45(65-35)50-36-23-37(49-28(2)48-36)56-20-16-53(17-21-56)25-29-10-12-57(13-11-29)39(60)26-54-14-18-55(19-15-54)30-6-7-31-32(22-30)44(64)58(43(31)63)34-8-9-38(59)51-41(34)61/h3-7,22-24,29,34H,8-21,25-26H2,1-2H3,(H,52,62)(H,51,59,61)(H,47,48,49,50). The number of likely N-dealkylation sites (tertiary alicyclic amines) is 1. The van der Waals surface area contributed by atoms with Crippen LogP contribution in [0.25, 0.3) is 0 Å². The van der Waals surface area contributed by atoms with Gasteiger partial charge in [0, 0.05) is 90.2 Å². The van der Waals surface area contributed by atoms with E-state index < -0.39 is 29.7 Å². The van der Waals surface area contributed by atoms with Gasteiger partial charge >= 0.3 is 0 Å². The van der Waals surface area contributed by atoms with Crippen molar-refractivity contribution in [1.82, 2.24) is 39.9 Å². The number of nitrogens with zero attached hydrogens (tertiary/aromatic N) is 9. The van der Waals surface area contributed by atoms with Crippen LogP contribution in [0.3, 0.4) is 0 Å². The summed E-state index contributed by atoms with van der Waals surface area (Å²) in [6.45, 7) is 12.8. The summed E-state index contributed by atoms with van der Waals surface area (Å²) in [5.74, 6) is 0.404. The summed E-state index contributed by atoms with van der Waals surface area (Å²) in [7, 11) is 0. The number of fused-ring (bicyclic) bond motifs is 1. The molecule has 7 heterocycles. The molecule has 6 amide bonds. The number of thiazole rings is 1. The monoisotopic (exact) mass is 922 g/mol. The Morgan fingerprint density at radius 3 is 2.29 bits per heavy atom. The molecular weight excluding hydrogens is 872 g/mol. The highest BCUT2D eigenvalue weighted by Crippen LogP contribution is 2.32. The van der Waals surface area contributed by atoms with Crippen molar-refractivity contribution in [2.75, 3.05) is 99.0 Å². The quantitative estimate of drug-likeness (QED) is 0.184. The predicted octanol–water partition coefficient (Wildman–Crippen LogP) is 3.78. The Morgan fingerprint density at radius 1 is 0.831 bits per heavy atom. The van der Waals surface area contributed by atoms with Crippen molar-refractivity contribution in [2.24, 2.45) is 5.92 Å². The normalized spacial score (nSPS) is 20.0. The molecule has 2 aromatic carbocycles. The van der Waals surface area contributed by atoms with Gasteiger partial charge in [-0.15, -0.1) is 0 Å². The van der Waals surface area contributed by atoms with Crippen molar-refractivity contribution in [2.45, 2.75) is 45.6 Å². The highest BCUT2D eigenvalue weighted by molar-refractivity contribution is 7.17. The van der Waals surface area contributed by atoms with E-state index >= 15 is 0 Å². The number of imide groups is 2. The van der Waals surface area contributed by atoms with Gasteiger partial charge in [-0.05, 0) is 68.9 Å². The molecule has 5 aliphatic rings. The minimum Gasteiger partial charge on any atom is -0.369 e. The second-order valence-electron chi connectivity index (χ2n) is 17.3. The van der Waals surface area contributed by atoms with Crippen molar-refractivity contribution >= 4 is 86.5 Å². The number of piperidine rings is 2. The number of benzene rings is 2. The molecule has 65 heavy (non-hydrogen) atoms. The van der Waals surface area contributed by atoms with E-state index in [2.05, 4.69) is 45.5 Å². The first-order chi connectivity index (χ1) is 31.4. The van der Waals surface area contributed by atoms with Crippen molar-refractivity contribution in [1.29, 1.82) is 0 Å². The minimum absolute atomic E-state index is 0.0732. The molecule has 3 N–H and O–H groups in total. The van der Waals surface area contributed by atoms with Gasteiger partial charge in [-0.3, -0.25) is 48.8 Å². The Kier molecular flexibility index (Phi) is 12.8. The largest absolute Gasteiger partial charge is 0.369 e. The van der Waals surface area contributed by atoms with Crippen LogP contribution in [-0.4, -0.2) is 155 Å². The highest BCUT2D eigenvalue weighted by atomic mass is 35.5. The Morgan fingerprint density at radius 2 is 1.55 bits per heavy atom. The van der Waals surface area contributed by atoms with Crippen molar-refractivity contribution < 1.29 is 28.8 Å². The topological polar surface area (TPSA) is 197 Å². The number of nitrogens with one attached hydrogen (secondary N) is 3. The van der Waals surface area contributed by atoms with E-state index in [0.717, 1.165) is 80.6 Å². The maximum Gasteiger partial charge on any atom is 0.267 e. The van der Waals surface area contributed by atoms with Crippen molar-refractivity contribution in [3.8, 4) is 0 Å². The molecule has 5 aliphatic heterocycles. The lowest BCUT2D eigenvalue weighted by atomic mass is 9.95. The fraction of sp³-hybridized carbons (Fsp3) is 0.444. The van der Waals surface area contributed by atoms with Crippen LogP contribution in [-0.2, 0) is 14.4 Å². The van der Waals surface area contributed by atoms with Crippen LogP contribution in [0, 0.1) is 19.8 Å². The van der Waals surface area contributed by atoms with Crippen LogP contribution >= 0.6 is 22.9 Å². The third-order valence-electron chi connectivity index (χ3n) is 12.9. The fourth-order valence-electron chi connectivity index (χ4n) is 9.29. The second-order valence-corrected chi connectivity index (χ2v) is 18.7. The molecule has 20 heteroatoms. The van der Waals surface area contributed by atoms with Crippen LogP contribution in [0.4, 0.5) is 28.1 Å². The summed E-state index contributed by atoms with van der Waals surface area (Å²) in [5.41, 5.74) is 2.79. The Bertz CT molecular complexity index is 2510. The average Bonchev–Trinajstić information content (AvgIpc) is 3.86. The van der Waals surface area contributed by atoms with E-state index in [-0.39, 0.29) is 35.8 Å². The van der Waals surface area contributed by atoms with Crippen LogP contribution in [0.2, 0.25) is 5.02 Å². The number of rotatable bonds is 11. The van der Waals surface area contributed by atoms with Crippen molar-refractivity contribution in [3.63, 3.8) is 0 Å². The number of aromatic nitrogens is 3. The first-order valence-corrected chi connectivity index (χ1v) is 23.3. The number of carbonyl (C=O) groups excluding carboxylic acids is 6. The minimum atomic E-state index is -0.999. The Labute approximate surface area is 385 Å². The van der Waals surface area contributed by atoms with Gasteiger partial charge in [0.2, 0.25) is 17.7 Å². The Balaban J connectivity index is 0.693. The summed E-state index contributed by atoms with van der Waals surface area (Å²) in [5, 5.41) is 9.40. The first-order valence-electron chi connectivity index (χ1n) is 22.1. The number of aryl methyl sites for hydroxylation is 2. The van der Waals surface area contributed by atoms with Gasteiger partial charge in [-0.2, -0.15) is 0 Å². The van der Waals surface area contributed by atoms with E-state index in [1.807, 2.05) is 43.0 Å². The molecular formula is C45H51ClN12O6S. The van der Waals surface area contributed by atoms with Gasteiger partial charge in [0.25, 0.3) is 17.7 Å². The molecule has 340 valence electrons. The SMILES string of the molecule is Cc1nc(Nc2ncc(C(=O)Nc3c(C)cccc3Cl)s2)cc(N2CCN(CC3CCN(C(=O)CN4CCN(c5ccc6c(c5)C(=O)N(C5CCC(=O)NC5=O)C6=O)CC4)CC3)CC2)n1. The predicted molar refractivity (Wildman–Crippen MR) is 246 cm³/mol. The van der Waals surface area contributed by atoms with Gasteiger partial charge in [-0.1, -0.05) is 35.1 Å². The van der Waals surface area contributed by atoms with Crippen molar-refractivity contribution in [3.05, 3.63) is 81.1 Å². The number of carbonyl (C=O) groups is 6. The van der Waals surface area contributed by atoms with E-state index in [4.69, 9.17) is 16.6 Å². The summed E-state index contributed by atoms with van der Waals surface area (Å²) >= 11 is 7.54. The van der Waals surface area contributed by atoms with Crippen LogP contribution in [0.5, 0.6) is 0 Å². The van der Waals surface area contributed by atoms with Gasteiger partial charge in [-0.25, -0.2) is 15.0 Å². The van der Waals surface area contributed by atoms with E-state index in [0.29, 0.717) is 71.0 Å². The third-order valence-corrected chi connectivity index (χ3v) is 14.2. The smallest absolute Gasteiger partial charge is 0.267 e.